The highest BCUT2D eigenvalue weighted by Crippen LogP contribution is 2.22. The smallest absolute Gasteiger partial charge is 0.220 e. The van der Waals surface area contributed by atoms with Crippen LogP contribution < -0.4 is 10.2 Å². The SMILES string of the molecule is O=C(CCc1cccs1)NCC1CCCN1c1cccnn1. The van der Waals surface area contributed by atoms with Gasteiger partial charge in [-0.3, -0.25) is 4.79 Å². The van der Waals surface area contributed by atoms with E-state index in [1.165, 1.54) is 4.88 Å². The summed E-state index contributed by atoms with van der Waals surface area (Å²) in [5, 5.41) is 13.2. The van der Waals surface area contributed by atoms with Gasteiger partial charge in [0.1, 0.15) is 0 Å². The lowest BCUT2D eigenvalue weighted by Crippen LogP contribution is -2.40. The average Bonchev–Trinajstić information content (AvgIpc) is 3.23. The average molecular weight is 316 g/mol. The largest absolute Gasteiger partial charge is 0.354 e. The zero-order chi connectivity index (χ0) is 15.2. The fourth-order valence-corrected chi connectivity index (χ4v) is 3.52. The maximum atomic E-state index is 12.0. The maximum absolute atomic E-state index is 12.0. The summed E-state index contributed by atoms with van der Waals surface area (Å²) in [5.74, 6) is 1.03. The van der Waals surface area contributed by atoms with Crippen molar-refractivity contribution in [2.24, 2.45) is 0 Å². The fraction of sp³-hybridized carbons (Fsp3) is 0.438. The molecular formula is C16H20N4OS. The number of thiophene rings is 1. The Bertz CT molecular complexity index is 587. The van der Waals surface area contributed by atoms with Gasteiger partial charge in [-0.25, -0.2) is 0 Å². The first kappa shape index (κ1) is 15.0. The molecule has 3 rings (SSSR count). The highest BCUT2D eigenvalue weighted by atomic mass is 32.1. The molecule has 3 heterocycles. The first-order valence-corrected chi connectivity index (χ1v) is 8.54. The number of carbonyl (C=O) groups is 1. The Balaban J connectivity index is 1.47. The number of nitrogens with zero attached hydrogens (tertiary/aromatic N) is 3. The molecule has 0 bridgehead atoms. The van der Waals surface area contributed by atoms with Crippen LogP contribution in [0.5, 0.6) is 0 Å². The highest BCUT2D eigenvalue weighted by molar-refractivity contribution is 7.09. The molecule has 6 heteroatoms. The van der Waals surface area contributed by atoms with Crippen molar-refractivity contribution in [1.29, 1.82) is 0 Å². The Kier molecular flexibility index (Phi) is 5.00. The van der Waals surface area contributed by atoms with Crippen molar-refractivity contribution in [3.05, 3.63) is 40.7 Å². The van der Waals surface area contributed by atoms with Gasteiger partial charge in [0.25, 0.3) is 0 Å². The van der Waals surface area contributed by atoms with Gasteiger partial charge >= 0.3 is 0 Å². The van der Waals surface area contributed by atoms with Gasteiger partial charge in [0, 0.05) is 36.6 Å². The van der Waals surface area contributed by atoms with E-state index in [9.17, 15) is 4.79 Å². The number of hydrogen-bond donors (Lipinski definition) is 1. The van der Waals surface area contributed by atoms with Crippen molar-refractivity contribution >= 4 is 23.1 Å². The number of anilines is 1. The van der Waals surface area contributed by atoms with Crippen molar-refractivity contribution in [3.8, 4) is 0 Å². The van der Waals surface area contributed by atoms with Gasteiger partial charge in [-0.05, 0) is 42.8 Å². The highest BCUT2D eigenvalue weighted by Gasteiger charge is 2.25. The second-order valence-electron chi connectivity index (χ2n) is 5.45. The lowest BCUT2D eigenvalue weighted by molar-refractivity contribution is -0.121. The molecule has 0 spiro atoms. The quantitative estimate of drug-likeness (QED) is 0.888. The van der Waals surface area contributed by atoms with E-state index >= 15 is 0 Å². The summed E-state index contributed by atoms with van der Waals surface area (Å²) in [6.07, 6.45) is 5.27. The molecule has 116 valence electrons. The van der Waals surface area contributed by atoms with Crippen LogP contribution in [-0.2, 0) is 11.2 Å². The first-order chi connectivity index (χ1) is 10.8. The second-order valence-corrected chi connectivity index (χ2v) is 6.49. The van der Waals surface area contributed by atoms with Gasteiger partial charge in [-0.2, -0.15) is 5.10 Å². The molecular weight excluding hydrogens is 296 g/mol. The predicted octanol–water partition coefficient (Wildman–Crippen LogP) is 2.26. The molecule has 0 radical (unpaired) electrons. The maximum Gasteiger partial charge on any atom is 0.220 e. The molecule has 0 aliphatic carbocycles. The minimum atomic E-state index is 0.124. The molecule has 2 aromatic heterocycles. The Morgan fingerprint density at radius 1 is 1.41 bits per heavy atom. The third-order valence-electron chi connectivity index (χ3n) is 3.94. The Hall–Kier alpha value is -1.95. The number of aryl methyl sites for hydroxylation is 1. The molecule has 1 fully saturated rings. The normalized spacial score (nSPS) is 17.6. The molecule has 22 heavy (non-hydrogen) atoms. The van der Waals surface area contributed by atoms with Crippen LogP contribution in [0.4, 0.5) is 5.82 Å². The number of hydrogen-bond acceptors (Lipinski definition) is 5. The lowest BCUT2D eigenvalue weighted by Gasteiger charge is -2.25. The van der Waals surface area contributed by atoms with Crippen molar-refractivity contribution in [2.45, 2.75) is 31.7 Å². The Morgan fingerprint density at radius 3 is 3.14 bits per heavy atom. The summed E-state index contributed by atoms with van der Waals surface area (Å²) in [7, 11) is 0. The van der Waals surface area contributed by atoms with Crippen LogP contribution in [0.2, 0.25) is 0 Å². The molecule has 1 atom stereocenters. The van der Waals surface area contributed by atoms with Gasteiger partial charge in [0.05, 0.1) is 0 Å². The van der Waals surface area contributed by atoms with E-state index in [-0.39, 0.29) is 5.91 Å². The van der Waals surface area contributed by atoms with E-state index in [1.54, 1.807) is 17.5 Å². The Morgan fingerprint density at radius 2 is 2.36 bits per heavy atom. The van der Waals surface area contributed by atoms with Crippen LogP contribution in [0, 0.1) is 0 Å². The molecule has 2 aromatic rings. The molecule has 0 saturated carbocycles. The van der Waals surface area contributed by atoms with Crippen LogP contribution in [-0.4, -0.2) is 35.2 Å². The molecule has 1 aliphatic heterocycles. The van der Waals surface area contributed by atoms with Crippen LogP contribution in [0.3, 0.4) is 0 Å². The van der Waals surface area contributed by atoms with Crippen molar-refractivity contribution < 1.29 is 4.79 Å². The molecule has 1 saturated heterocycles. The fourth-order valence-electron chi connectivity index (χ4n) is 2.81. The summed E-state index contributed by atoms with van der Waals surface area (Å²) < 4.78 is 0. The summed E-state index contributed by atoms with van der Waals surface area (Å²) in [6, 6.07) is 8.30. The summed E-state index contributed by atoms with van der Waals surface area (Å²) in [4.78, 5) is 15.5. The third-order valence-corrected chi connectivity index (χ3v) is 4.88. The van der Waals surface area contributed by atoms with Crippen molar-refractivity contribution in [2.75, 3.05) is 18.0 Å². The van der Waals surface area contributed by atoms with E-state index in [0.29, 0.717) is 19.0 Å². The number of nitrogens with one attached hydrogen (secondary N) is 1. The van der Waals surface area contributed by atoms with Crippen LogP contribution in [0.15, 0.2) is 35.8 Å². The molecule has 5 nitrogen and oxygen atoms in total. The number of aromatic nitrogens is 2. The number of carbonyl (C=O) groups excluding carboxylic acids is 1. The number of rotatable bonds is 6. The van der Waals surface area contributed by atoms with E-state index in [1.807, 2.05) is 23.6 Å². The summed E-state index contributed by atoms with van der Waals surface area (Å²) in [6.45, 7) is 1.66. The second kappa shape index (κ2) is 7.35. The zero-order valence-corrected chi connectivity index (χ0v) is 13.3. The molecule has 1 unspecified atom stereocenters. The lowest BCUT2D eigenvalue weighted by atomic mass is 10.2. The summed E-state index contributed by atoms with van der Waals surface area (Å²) >= 11 is 1.70. The molecule has 1 aliphatic rings. The van der Waals surface area contributed by atoms with Crippen molar-refractivity contribution in [1.82, 2.24) is 15.5 Å². The van der Waals surface area contributed by atoms with Gasteiger partial charge in [0.15, 0.2) is 5.82 Å². The van der Waals surface area contributed by atoms with Crippen LogP contribution in [0.1, 0.15) is 24.1 Å². The van der Waals surface area contributed by atoms with Gasteiger partial charge < -0.3 is 10.2 Å². The zero-order valence-electron chi connectivity index (χ0n) is 12.4. The topological polar surface area (TPSA) is 58.1 Å². The standard InChI is InChI=1S/C16H20N4OS/c21-16(8-7-14-5-3-11-22-14)17-12-13-4-2-10-20(13)15-6-1-9-18-19-15/h1,3,5-6,9,11,13H,2,4,7-8,10,12H2,(H,17,21). The van der Waals surface area contributed by atoms with Crippen LogP contribution in [0.25, 0.3) is 0 Å². The Labute approximate surface area is 134 Å². The predicted molar refractivity (Wildman–Crippen MR) is 88.0 cm³/mol. The van der Waals surface area contributed by atoms with Gasteiger partial charge in [0.2, 0.25) is 5.91 Å². The van der Waals surface area contributed by atoms with E-state index < -0.39 is 0 Å². The third kappa shape index (κ3) is 3.82. The van der Waals surface area contributed by atoms with Gasteiger partial charge in [-0.1, -0.05) is 6.07 Å². The van der Waals surface area contributed by atoms with E-state index in [0.717, 1.165) is 31.6 Å². The first-order valence-electron chi connectivity index (χ1n) is 7.66. The number of amides is 1. The van der Waals surface area contributed by atoms with Crippen LogP contribution >= 0.6 is 11.3 Å². The summed E-state index contributed by atoms with van der Waals surface area (Å²) in [5.41, 5.74) is 0. The minimum absolute atomic E-state index is 0.124. The molecule has 0 aromatic carbocycles. The molecule has 1 amide bonds. The van der Waals surface area contributed by atoms with E-state index in [2.05, 4.69) is 26.5 Å². The van der Waals surface area contributed by atoms with E-state index in [4.69, 9.17) is 0 Å². The van der Waals surface area contributed by atoms with Crippen molar-refractivity contribution in [3.63, 3.8) is 0 Å². The monoisotopic (exact) mass is 316 g/mol. The molecule has 1 N–H and O–H groups in total. The minimum Gasteiger partial charge on any atom is -0.354 e. The van der Waals surface area contributed by atoms with Gasteiger partial charge in [-0.15, -0.1) is 16.4 Å².